The first-order valence-electron chi connectivity index (χ1n) is 6.80. The second-order valence-corrected chi connectivity index (χ2v) is 7.86. The Balaban J connectivity index is 2.79. The standard InChI is InChI=1S/C15H31N/c1-11-10-16(15(6,7)8)12(2)9-13(11)14(3,4)5/h11-13H,9-10H2,1-8H3. The highest BCUT2D eigenvalue weighted by atomic mass is 15.2. The summed E-state index contributed by atoms with van der Waals surface area (Å²) in [5.41, 5.74) is 0.772. The molecule has 0 saturated carbocycles. The molecule has 0 aliphatic carbocycles. The Morgan fingerprint density at radius 3 is 1.81 bits per heavy atom. The molecule has 1 aliphatic rings. The Morgan fingerprint density at radius 1 is 0.938 bits per heavy atom. The van der Waals surface area contributed by atoms with Gasteiger partial charge in [-0.3, -0.25) is 4.90 Å². The number of hydrogen-bond donors (Lipinski definition) is 0. The van der Waals surface area contributed by atoms with Crippen molar-refractivity contribution in [1.29, 1.82) is 0 Å². The van der Waals surface area contributed by atoms with Gasteiger partial charge in [0.05, 0.1) is 0 Å². The molecule has 0 N–H and O–H groups in total. The highest BCUT2D eigenvalue weighted by Gasteiger charge is 2.40. The third-order valence-corrected chi connectivity index (χ3v) is 4.27. The van der Waals surface area contributed by atoms with Crippen LogP contribution in [0.2, 0.25) is 0 Å². The van der Waals surface area contributed by atoms with Crippen molar-refractivity contribution in [2.24, 2.45) is 17.3 Å². The van der Waals surface area contributed by atoms with Crippen molar-refractivity contribution in [3.05, 3.63) is 0 Å². The monoisotopic (exact) mass is 225 g/mol. The van der Waals surface area contributed by atoms with Gasteiger partial charge >= 0.3 is 0 Å². The first kappa shape index (κ1) is 14.0. The van der Waals surface area contributed by atoms with Gasteiger partial charge in [0, 0.05) is 18.1 Å². The van der Waals surface area contributed by atoms with E-state index in [1.54, 1.807) is 0 Å². The zero-order chi connectivity index (χ0) is 12.7. The lowest BCUT2D eigenvalue weighted by molar-refractivity contribution is -0.0231. The summed E-state index contributed by atoms with van der Waals surface area (Å²) in [7, 11) is 0. The van der Waals surface area contributed by atoms with Crippen LogP contribution in [-0.4, -0.2) is 23.0 Å². The molecule has 0 bridgehead atoms. The van der Waals surface area contributed by atoms with Gasteiger partial charge in [0.2, 0.25) is 0 Å². The average Bonchev–Trinajstić information content (AvgIpc) is 2.04. The van der Waals surface area contributed by atoms with E-state index < -0.39 is 0 Å². The van der Waals surface area contributed by atoms with Gasteiger partial charge in [0.1, 0.15) is 0 Å². The first-order chi connectivity index (χ1) is 7.03. The second-order valence-electron chi connectivity index (χ2n) is 7.86. The minimum atomic E-state index is 0.316. The van der Waals surface area contributed by atoms with E-state index in [1.807, 2.05) is 0 Å². The van der Waals surface area contributed by atoms with Gasteiger partial charge in [0.15, 0.2) is 0 Å². The van der Waals surface area contributed by atoms with Crippen molar-refractivity contribution in [2.75, 3.05) is 6.54 Å². The number of likely N-dealkylation sites (tertiary alicyclic amines) is 1. The van der Waals surface area contributed by atoms with Crippen LogP contribution in [-0.2, 0) is 0 Å². The van der Waals surface area contributed by atoms with Gasteiger partial charge in [0.25, 0.3) is 0 Å². The highest BCUT2D eigenvalue weighted by molar-refractivity contribution is 4.93. The third-order valence-electron chi connectivity index (χ3n) is 4.27. The molecule has 3 atom stereocenters. The van der Waals surface area contributed by atoms with E-state index in [9.17, 15) is 0 Å². The van der Waals surface area contributed by atoms with Crippen molar-refractivity contribution in [3.63, 3.8) is 0 Å². The maximum absolute atomic E-state index is 2.68. The van der Waals surface area contributed by atoms with Crippen molar-refractivity contribution in [3.8, 4) is 0 Å². The van der Waals surface area contributed by atoms with E-state index >= 15 is 0 Å². The largest absolute Gasteiger partial charge is 0.296 e. The molecule has 1 heterocycles. The molecule has 0 aromatic carbocycles. The van der Waals surface area contributed by atoms with Crippen molar-refractivity contribution >= 4 is 0 Å². The normalized spacial score (nSPS) is 34.1. The Kier molecular flexibility index (Phi) is 3.79. The van der Waals surface area contributed by atoms with Crippen LogP contribution in [0.4, 0.5) is 0 Å². The van der Waals surface area contributed by atoms with Gasteiger partial charge < -0.3 is 0 Å². The fraction of sp³-hybridized carbons (Fsp3) is 1.00. The van der Waals surface area contributed by atoms with E-state index in [-0.39, 0.29) is 0 Å². The number of hydrogen-bond acceptors (Lipinski definition) is 1. The Hall–Kier alpha value is -0.0400. The lowest BCUT2D eigenvalue weighted by Gasteiger charge is -2.51. The van der Waals surface area contributed by atoms with Crippen LogP contribution in [0.3, 0.4) is 0 Å². The molecule has 16 heavy (non-hydrogen) atoms. The number of rotatable bonds is 0. The second kappa shape index (κ2) is 4.33. The van der Waals surface area contributed by atoms with E-state index in [4.69, 9.17) is 0 Å². The van der Waals surface area contributed by atoms with Crippen molar-refractivity contribution < 1.29 is 0 Å². The smallest absolute Gasteiger partial charge is 0.0127 e. The van der Waals surface area contributed by atoms with Crippen LogP contribution in [0.5, 0.6) is 0 Å². The summed E-state index contributed by atoms with van der Waals surface area (Å²) < 4.78 is 0. The van der Waals surface area contributed by atoms with Gasteiger partial charge in [-0.2, -0.15) is 0 Å². The summed E-state index contributed by atoms with van der Waals surface area (Å²) in [6, 6.07) is 0.723. The molecule has 0 aromatic heterocycles. The molecule has 0 spiro atoms. The SMILES string of the molecule is CC1CN(C(C)(C)C)C(C)CC1C(C)(C)C. The topological polar surface area (TPSA) is 3.24 Å². The van der Waals surface area contributed by atoms with E-state index in [2.05, 4.69) is 60.3 Å². The molecule has 1 aliphatic heterocycles. The maximum Gasteiger partial charge on any atom is 0.0127 e. The molecule has 1 rings (SSSR count). The first-order valence-corrected chi connectivity index (χ1v) is 6.80. The lowest BCUT2D eigenvalue weighted by atomic mass is 9.68. The van der Waals surface area contributed by atoms with Crippen LogP contribution in [0.25, 0.3) is 0 Å². The van der Waals surface area contributed by atoms with Gasteiger partial charge in [-0.05, 0) is 51.4 Å². The van der Waals surface area contributed by atoms with Crippen LogP contribution in [0.1, 0.15) is 61.8 Å². The minimum absolute atomic E-state index is 0.316. The summed E-state index contributed by atoms with van der Waals surface area (Å²) in [5, 5.41) is 0. The zero-order valence-corrected chi connectivity index (χ0v) is 12.6. The van der Waals surface area contributed by atoms with Crippen LogP contribution >= 0.6 is 0 Å². The Bertz CT molecular complexity index is 205. The third kappa shape index (κ3) is 3.00. The van der Waals surface area contributed by atoms with Crippen LogP contribution in [0.15, 0.2) is 0 Å². The van der Waals surface area contributed by atoms with Crippen molar-refractivity contribution in [2.45, 2.75) is 73.4 Å². The maximum atomic E-state index is 2.68. The molecule has 0 radical (unpaired) electrons. The lowest BCUT2D eigenvalue weighted by Crippen LogP contribution is -2.55. The molecule has 1 nitrogen and oxygen atoms in total. The predicted octanol–water partition coefficient (Wildman–Crippen LogP) is 4.18. The molecular formula is C15H31N. The average molecular weight is 225 g/mol. The van der Waals surface area contributed by atoms with Gasteiger partial charge in [-0.15, -0.1) is 0 Å². The summed E-state index contributed by atoms with van der Waals surface area (Å²) in [6.07, 6.45) is 1.35. The van der Waals surface area contributed by atoms with Gasteiger partial charge in [-0.1, -0.05) is 27.7 Å². The van der Waals surface area contributed by atoms with Gasteiger partial charge in [-0.25, -0.2) is 0 Å². The molecule has 1 saturated heterocycles. The molecule has 1 fully saturated rings. The summed E-state index contributed by atoms with van der Waals surface area (Å²) in [4.78, 5) is 2.68. The fourth-order valence-electron chi connectivity index (χ4n) is 3.49. The molecule has 0 amide bonds. The molecule has 1 heteroatoms. The zero-order valence-electron chi connectivity index (χ0n) is 12.6. The Labute approximate surface area is 103 Å². The van der Waals surface area contributed by atoms with E-state index in [1.165, 1.54) is 13.0 Å². The molecule has 0 aromatic rings. The van der Waals surface area contributed by atoms with E-state index in [0.717, 1.165) is 17.9 Å². The van der Waals surface area contributed by atoms with Crippen molar-refractivity contribution in [1.82, 2.24) is 4.90 Å². The Morgan fingerprint density at radius 2 is 1.44 bits per heavy atom. The van der Waals surface area contributed by atoms with E-state index in [0.29, 0.717) is 11.0 Å². The molecular weight excluding hydrogens is 194 g/mol. The minimum Gasteiger partial charge on any atom is -0.296 e. The summed E-state index contributed by atoms with van der Waals surface area (Å²) in [6.45, 7) is 20.3. The molecule has 3 unspecified atom stereocenters. The fourth-order valence-corrected chi connectivity index (χ4v) is 3.49. The predicted molar refractivity (Wildman–Crippen MR) is 72.6 cm³/mol. The number of piperidine rings is 1. The number of nitrogens with zero attached hydrogens (tertiary/aromatic N) is 1. The quantitative estimate of drug-likeness (QED) is 0.598. The molecule has 96 valence electrons. The highest BCUT2D eigenvalue weighted by Crippen LogP contribution is 2.41. The summed E-state index contributed by atoms with van der Waals surface area (Å²) in [5.74, 6) is 1.68. The van der Waals surface area contributed by atoms with Crippen LogP contribution < -0.4 is 0 Å². The van der Waals surface area contributed by atoms with Crippen LogP contribution in [0, 0.1) is 17.3 Å². The summed E-state index contributed by atoms with van der Waals surface area (Å²) >= 11 is 0.